The van der Waals surface area contributed by atoms with Crippen LogP contribution in [-0.2, 0) is 11.2 Å². The summed E-state index contributed by atoms with van der Waals surface area (Å²) in [4.78, 5) is 14.3. The fourth-order valence-corrected chi connectivity index (χ4v) is 2.51. The van der Waals surface area contributed by atoms with Crippen LogP contribution in [0, 0.1) is 5.92 Å². The van der Waals surface area contributed by atoms with Crippen molar-refractivity contribution < 1.29 is 9.90 Å². The van der Waals surface area contributed by atoms with Gasteiger partial charge < -0.3 is 15.7 Å². The molecule has 102 valence electrons. The molecular weight excluding hydrogens is 260 g/mol. The molecule has 1 aliphatic rings. The molecule has 19 heavy (non-hydrogen) atoms. The average Bonchev–Trinajstić information content (AvgIpc) is 2.83. The van der Waals surface area contributed by atoms with Crippen LogP contribution >= 0.6 is 12.2 Å². The molecule has 2 atom stereocenters. The van der Waals surface area contributed by atoms with Crippen LogP contribution in [0.4, 0.5) is 0 Å². The highest BCUT2D eigenvalue weighted by Gasteiger charge is 2.31. The number of carbonyl (C=O) groups excluding carboxylic acids is 1. The summed E-state index contributed by atoms with van der Waals surface area (Å²) < 4.78 is 0. The molecule has 1 fully saturated rings. The van der Waals surface area contributed by atoms with Gasteiger partial charge in [0.15, 0.2) is 0 Å². The third-order valence-corrected chi connectivity index (χ3v) is 3.68. The zero-order valence-electron chi connectivity index (χ0n) is 10.7. The molecule has 1 aromatic carbocycles. The van der Waals surface area contributed by atoms with Crippen LogP contribution in [0.25, 0.3) is 0 Å². The van der Waals surface area contributed by atoms with Crippen LogP contribution in [0.3, 0.4) is 0 Å². The zero-order chi connectivity index (χ0) is 13.8. The number of thiocarbonyl (C=S) groups is 1. The first-order chi connectivity index (χ1) is 9.08. The zero-order valence-corrected chi connectivity index (χ0v) is 11.5. The van der Waals surface area contributed by atoms with E-state index in [0.29, 0.717) is 25.9 Å². The summed E-state index contributed by atoms with van der Waals surface area (Å²) >= 11 is 5.03. The van der Waals surface area contributed by atoms with Crippen LogP contribution < -0.4 is 5.73 Å². The van der Waals surface area contributed by atoms with Crippen LogP contribution in [0.5, 0.6) is 0 Å². The molecule has 1 heterocycles. The fourth-order valence-electron chi connectivity index (χ4n) is 2.32. The Balaban J connectivity index is 2.08. The largest absolute Gasteiger partial charge is 0.393 e. The monoisotopic (exact) mass is 278 g/mol. The molecule has 1 aromatic rings. The van der Waals surface area contributed by atoms with Crippen LogP contribution in [0.2, 0.25) is 0 Å². The molecule has 5 heteroatoms. The van der Waals surface area contributed by atoms with Crippen molar-refractivity contribution in [3.8, 4) is 0 Å². The minimum atomic E-state index is -0.484. The Morgan fingerprint density at radius 3 is 2.68 bits per heavy atom. The summed E-state index contributed by atoms with van der Waals surface area (Å²) in [5.41, 5.74) is 6.74. The Kier molecular flexibility index (Phi) is 4.50. The van der Waals surface area contributed by atoms with Crippen molar-refractivity contribution in [3.63, 3.8) is 0 Å². The topological polar surface area (TPSA) is 66.6 Å². The molecular formula is C14H18N2O2S. The molecule has 0 aromatic heterocycles. The summed E-state index contributed by atoms with van der Waals surface area (Å²) in [5, 5.41) is 9.50. The van der Waals surface area contributed by atoms with E-state index >= 15 is 0 Å². The van der Waals surface area contributed by atoms with Gasteiger partial charge in [-0.05, 0) is 18.4 Å². The highest BCUT2D eigenvalue weighted by molar-refractivity contribution is 7.80. The quantitative estimate of drug-likeness (QED) is 0.797. The lowest BCUT2D eigenvalue weighted by Gasteiger charge is -2.22. The molecule has 2 unspecified atom stereocenters. The van der Waals surface area contributed by atoms with Gasteiger partial charge in [-0.1, -0.05) is 42.5 Å². The number of hydrogen-bond donors (Lipinski definition) is 2. The SMILES string of the molecule is NC(=S)C(Cc1ccccc1)C(=O)N1CCC(O)C1. The van der Waals surface area contributed by atoms with E-state index in [1.54, 1.807) is 4.90 Å². The Hall–Kier alpha value is -1.46. The molecule has 0 bridgehead atoms. The van der Waals surface area contributed by atoms with Crippen LogP contribution in [0.1, 0.15) is 12.0 Å². The van der Waals surface area contributed by atoms with Crippen molar-refractivity contribution in [2.75, 3.05) is 13.1 Å². The van der Waals surface area contributed by atoms with Gasteiger partial charge in [-0.15, -0.1) is 0 Å². The lowest BCUT2D eigenvalue weighted by atomic mass is 9.98. The van der Waals surface area contributed by atoms with Crippen molar-refractivity contribution in [3.05, 3.63) is 35.9 Å². The fraction of sp³-hybridized carbons (Fsp3) is 0.429. The number of nitrogens with zero attached hydrogens (tertiary/aromatic N) is 1. The molecule has 0 aliphatic carbocycles. The minimum absolute atomic E-state index is 0.0760. The number of β-amino-alcohol motifs (C(OH)–C–C–N with tert-alkyl or cyclic N) is 1. The second kappa shape index (κ2) is 6.12. The molecule has 0 spiro atoms. The molecule has 0 radical (unpaired) electrons. The summed E-state index contributed by atoms with van der Waals surface area (Å²) in [7, 11) is 0. The van der Waals surface area contributed by atoms with Gasteiger partial charge >= 0.3 is 0 Å². The van der Waals surface area contributed by atoms with Crippen molar-refractivity contribution in [1.82, 2.24) is 4.90 Å². The maximum absolute atomic E-state index is 12.4. The summed E-state index contributed by atoms with van der Waals surface area (Å²) in [5.74, 6) is -0.560. The van der Waals surface area contributed by atoms with Gasteiger partial charge in [0.2, 0.25) is 5.91 Å². The highest BCUT2D eigenvalue weighted by atomic mass is 32.1. The first-order valence-corrected chi connectivity index (χ1v) is 6.79. The summed E-state index contributed by atoms with van der Waals surface area (Å²) in [6.07, 6.45) is 0.718. The number of benzene rings is 1. The standard InChI is InChI=1S/C14H18N2O2S/c15-13(19)12(8-10-4-2-1-3-5-10)14(18)16-7-6-11(17)9-16/h1-5,11-12,17H,6-9H2,(H2,15,19). The van der Waals surface area contributed by atoms with E-state index in [1.807, 2.05) is 30.3 Å². The number of likely N-dealkylation sites (tertiary alicyclic amines) is 1. The van der Waals surface area contributed by atoms with Gasteiger partial charge in [0.1, 0.15) is 0 Å². The van der Waals surface area contributed by atoms with Crippen molar-refractivity contribution in [2.45, 2.75) is 18.9 Å². The van der Waals surface area contributed by atoms with E-state index in [4.69, 9.17) is 18.0 Å². The van der Waals surface area contributed by atoms with Gasteiger partial charge in [0, 0.05) is 13.1 Å². The normalized spacial score (nSPS) is 20.3. The second-order valence-corrected chi connectivity index (χ2v) is 5.34. The Bertz CT molecular complexity index is 464. The molecule has 4 nitrogen and oxygen atoms in total. The first-order valence-electron chi connectivity index (χ1n) is 6.38. The third-order valence-electron chi connectivity index (χ3n) is 3.40. The third kappa shape index (κ3) is 3.52. The van der Waals surface area contributed by atoms with Gasteiger partial charge in [0.05, 0.1) is 17.0 Å². The van der Waals surface area contributed by atoms with Crippen LogP contribution in [-0.4, -0.2) is 40.1 Å². The molecule has 1 aliphatic heterocycles. The second-order valence-electron chi connectivity index (χ2n) is 4.87. The van der Waals surface area contributed by atoms with Gasteiger partial charge in [-0.25, -0.2) is 0 Å². The van der Waals surface area contributed by atoms with Gasteiger partial charge in [0.25, 0.3) is 0 Å². The maximum atomic E-state index is 12.4. The number of hydrogen-bond acceptors (Lipinski definition) is 3. The predicted octanol–water partition coefficient (Wildman–Crippen LogP) is 0.725. The van der Waals surface area contributed by atoms with Gasteiger partial charge in [-0.2, -0.15) is 0 Å². The van der Waals surface area contributed by atoms with Crippen LogP contribution in [0.15, 0.2) is 30.3 Å². The average molecular weight is 278 g/mol. The first kappa shape index (κ1) is 14.0. The van der Waals surface area contributed by atoms with Crippen molar-refractivity contribution in [1.29, 1.82) is 0 Å². The lowest BCUT2D eigenvalue weighted by molar-refractivity contribution is -0.132. The number of nitrogens with two attached hydrogens (primary N) is 1. The number of aliphatic hydroxyl groups is 1. The molecule has 2 rings (SSSR count). The van der Waals surface area contributed by atoms with Crippen molar-refractivity contribution in [2.24, 2.45) is 11.7 Å². The molecule has 0 saturated carbocycles. The van der Waals surface area contributed by atoms with E-state index in [2.05, 4.69) is 0 Å². The number of rotatable bonds is 4. The summed E-state index contributed by atoms with van der Waals surface area (Å²) in [6, 6.07) is 9.69. The summed E-state index contributed by atoms with van der Waals surface area (Å²) in [6.45, 7) is 0.959. The Morgan fingerprint density at radius 1 is 1.47 bits per heavy atom. The number of amides is 1. The minimum Gasteiger partial charge on any atom is -0.393 e. The van der Waals surface area contributed by atoms with Gasteiger partial charge in [-0.3, -0.25) is 4.79 Å². The predicted molar refractivity (Wildman–Crippen MR) is 77.6 cm³/mol. The number of aliphatic hydroxyl groups excluding tert-OH is 1. The highest BCUT2D eigenvalue weighted by Crippen LogP contribution is 2.17. The van der Waals surface area contributed by atoms with E-state index in [-0.39, 0.29) is 10.9 Å². The van der Waals surface area contributed by atoms with E-state index in [0.717, 1.165) is 5.56 Å². The Labute approximate surface area is 118 Å². The lowest BCUT2D eigenvalue weighted by Crippen LogP contribution is -2.41. The molecule has 3 N–H and O–H groups in total. The molecule has 1 saturated heterocycles. The van der Waals surface area contributed by atoms with E-state index < -0.39 is 12.0 Å². The van der Waals surface area contributed by atoms with E-state index in [1.165, 1.54) is 0 Å². The molecule has 1 amide bonds. The number of carbonyl (C=O) groups is 1. The Morgan fingerprint density at radius 2 is 2.16 bits per heavy atom. The maximum Gasteiger partial charge on any atom is 0.232 e. The smallest absolute Gasteiger partial charge is 0.232 e. The van der Waals surface area contributed by atoms with E-state index in [9.17, 15) is 9.90 Å². The van der Waals surface area contributed by atoms with Crippen molar-refractivity contribution >= 4 is 23.1 Å².